The molecule has 0 radical (unpaired) electrons. The second-order valence-corrected chi connectivity index (χ2v) is 6.71. The van der Waals surface area contributed by atoms with Gasteiger partial charge in [0.2, 0.25) is 5.28 Å². The van der Waals surface area contributed by atoms with Gasteiger partial charge in [0.15, 0.2) is 5.82 Å². The summed E-state index contributed by atoms with van der Waals surface area (Å²) in [6.45, 7) is 3.39. The van der Waals surface area contributed by atoms with Crippen molar-refractivity contribution in [2.24, 2.45) is 0 Å². The number of aromatic nitrogens is 5. The highest BCUT2D eigenvalue weighted by atomic mass is 79.9. The van der Waals surface area contributed by atoms with E-state index in [9.17, 15) is 0 Å². The number of hydrogen-bond donors (Lipinski definition) is 1. The van der Waals surface area contributed by atoms with Crippen molar-refractivity contribution in [3.05, 3.63) is 33.9 Å². The van der Waals surface area contributed by atoms with E-state index in [0.717, 1.165) is 35.1 Å². The molecule has 0 aliphatic rings. The zero-order valence-electron chi connectivity index (χ0n) is 14.0. The molecule has 3 rings (SSSR count). The molecule has 0 unspecified atom stereocenters. The van der Waals surface area contributed by atoms with Crippen molar-refractivity contribution in [1.82, 2.24) is 24.7 Å². The Labute approximate surface area is 158 Å². The lowest BCUT2D eigenvalue weighted by atomic mass is 10.3. The summed E-state index contributed by atoms with van der Waals surface area (Å²) in [5.41, 5.74) is 2.26. The van der Waals surface area contributed by atoms with Gasteiger partial charge in [0.25, 0.3) is 0 Å². The fourth-order valence-corrected chi connectivity index (χ4v) is 2.97. The van der Waals surface area contributed by atoms with Crippen LogP contribution in [0.4, 0.5) is 5.82 Å². The van der Waals surface area contributed by atoms with Gasteiger partial charge in [0.05, 0.1) is 19.9 Å². The van der Waals surface area contributed by atoms with Gasteiger partial charge in [-0.05, 0) is 40.0 Å². The fraction of sp³-hybridized carbons (Fsp3) is 0.375. The lowest BCUT2D eigenvalue weighted by molar-refractivity contribution is 0.404. The molecule has 0 aromatic carbocycles. The molecule has 0 fully saturated rings. The van der Waals surface area contributed by atoms with Crippen LogP contribution in [0.3, 0.4) is 0 Å². The molecule has 0 spiro atoms. The molecule has 3 heterocycles. The number of nitrogens with one attached hydrogen (secondary N) is 1. The first-order chi connectivity index (χ1) is 12.1. The summed E-state index contributed by atoms with van der Waals surface area (Å²) in [6.07, 6.45) is 5.55. The van der Waals surface area contributed by atoms with Crippen LogP contribution >= 0.6 is 27.5 Å². The summed E-state index contributed by atoms with van der Waals surface area (Å²) >= 11 is 9.43. The van der Waals surface area contributed by atoms with E-state index < -0.39 is 0 Å². The summed E-state index contributed by atoms with van der Waals surface area (Å²) in [7, 11) is 1.62. The molecule has 7 nitrogen and oxygen atoms in total. The molecule has 0 saturated heterocycles. The number of methoxy groups -OCH3 is 1. The van der Waals surface area contributed by atoms with Gasteiger partial charge < -0.3 is 10.1 Å². The molecule has 0 amide bonds. The zero-order chi connectivity index (χ0) is 17.8. The van der Waals surface area contributed by atoms with E-state index in [-0.39, 0.29) is 5.28 Å². The lowest BCUT2D eigenvalue weighted by Crippen LogP contribution is -2.10. The van der Waals surface area contributed by atoms with Gasteiger partial charge in [-0.1, -0.05) is 13.3 Å². The van der Waals surface area contributed by atoms with Gasteiger partial charge in [-0.3, -0.25) is 9.67 Å². The quantitative estimate of drug-likeness (QED) is 0.457. The number of rotatable bonds is 7. The minimum Gasteiger partial charge on any atom is -0.495 e. The summed E-state index contributed by atoms with van der Waals surface area (Å²) < 4.78 is 8.08. The Kier molecular flexibility index (Phi) is 5.70. The molecule has 0 bridgehead atoms. The van der Waals surface area contributed by atoms with Crippen molar-refractivity contribution in [2.45, 2.75) is 26.3 Å². The predicted molar refractivity (Wildman–Crippen MR) is 101 cm³/mol. The Morgan fingerprint density at radius 2 is 2.16 bits per heavy atom. The lowest BCUT2D eigenvalue weighted by Gasteiger charge is -2.11. The topological polar surface area (TPSA) is 77.8 Å². The van der Waals surface area contributed by atoms with Crippen LogP contribution in [0.5, 0.6) is 5.75 Å². The first kappa shape index (κ1) is 17.9. The molecule has 0 aliphatic heterocycles. The van der Waals surface area contributed by atoms with Crippen LogP contribution in [0.25, 0.3) is 11.0 Å². The van der Waals surface area contributed by atoms with Crippen molar-refractivity contribution < 1.29 is 4.74 Å². The van der Waals surface area contributed by atoms with Crippen molar-refractivity contribution in [2.75, 3.05) is 19.0 Å². The first-order valence-electron chi connectivity index (χ1n) is 7.93. The molecule has 1 N–H and O–H groups in total. The minimum atomic E-state index is 0.199. The van der Waals surface area contributed by atoms with E-state index in [1.807, 2.05) is 6.07 Å². The Morgan fingerprint density at radius 1 is 1.32 bits per heavy atom. The Bertz CT molecular complexity index is 884. The van der Waals surface area contributed by atoms with Crippen LogP contribution in [-0.2, 0) is 6.54 Å². The van der Waals surface area contributed by atoms with Crippen LogP contribution in [0.15, 0.2) is 22.9 Å². The number of hydrogen-bond acceptors (Lipinski definition) is 6. The maximum atomic E-state index is 6.03. The molecule has 0 atom stereocenters. The number of anilines is 1. The normalized spacial score (nSPS) is 11.0. The average molecular weight is 426 g/mol. The van der Waals surface area contributed by atoms with Crippen molar-refractivity contribution in [1.29, 1.82) is 0 Å². The Hall–Kier alpha value is -1.93. The van der Waals surface area contributed by atoms with Crippen LogP contribution in [0.1, 0.15) is 25.5 Å². The highest BCUT2D eigenvalue weighted by Gasteiger charge is 2.15. The first-order valence-corrected chi connectivity index (χ1v) is 9.10. The number of halogens is 2. The number of fused-ring (bicyclic) bond motifs is 1. The molecule has 132 valence electrons. The van der Waals surface area contributed by atoms with E-state index in [1.165, 1.54) is 0 Å². The average Bonchev–Trinajstić information content (AvgIpc) is 2.99. The van der Waals surface area contributed by atoms with Crippen LogP contribution in [0.2, 0.25) is 5.28 Å². The summed E-state index contributed by atoms with van der Waals surface area (Å²) in [5.74, 6) is 1.37. The maximum absolute atomic E-state index is 6.03. The largest absolute Gasteiger partial charge is 0.495 e. The third kappa shape index (κ3) is 4.01. The molecule has 0 aliphatic carbocycles. The third-order valence-electron chi connectivity index (χ3n) is 3.70. The van der Waals surface area contributed by atoms with Gasteiger partial charge in [0.1, 0.15) is 22.5 Å². The number of ether oxygens (including phenoxy) is 1. The van der Waals surface area contributed by atoms with E-state index in [1.54, 1.807) is 24.2 Å². The second kappa shape index (κ2) is 7.97. The molecule has 3 aromatic heterocycles. The number of unbranched alkanes of at least 4 members (excludes halogenated alkanes) is 1. The van der Waals surface area contributed by atoms with E-state index in [4.69, 9.17) is 16.3 Å². The summed E-state index contributed by atoms with van der Waals surface area (Å²) in [5, 5.41) is 7.95. The number of nitrogens with zero attached hydrogens (tertiary/aromatic N) is 5. The Balaban J connectivity index is 1.99. The van der Waals surface area contributed by atoms with Gasteiger partial charge in [-0.15, -0.1) is 0 Å². The molecule has 0 saturated carbocycles. The van der Waals surface area contributed by atoms with Gasteiger partial charge in [0, 0.05) is 17.2 Å². The Morgan fingerprint density at radius 3 is 2.92 bits per heavy atom. The van der Waals surface area contributed by atoms with E-state index in [2.05, 4.69) is 48.2 Å². The smallest absolute Gasteiger partial charge is 0.225 e. The van der Waals surface area contributed by atoms with E-state index in [0.29, 0.717) is 23.6 Å². The molecular weight excluding hydrogens is 408 g/mol. The van der Waals surface area contributed by atoms with Crippen LogP contribution in [0, 0.1) is 0 Å². The predicted octanol–water partition coefficient (Wildman–Crippen LogP) is 3.91. The van der Waals surface area contributed by atoms with Gasteiger partial charge >= 0.3 is 0 Å². The zero-order valence-corrected chi connectivity index (χ0v) is 16.3. The maximum Gasteiger partial charge on any atom is 0.225 e. The molecule has 25 heavy (non-hydrogen) atoms. The summed E-state index contributed by atoms with van der Waals surface area (Å²) in [4.78, 5) is 13.0. The molecular formula is C16H18BrClN6O. The standard InChI is InChI=1S/C16H18BrClN6O/c1-3-4-5-19-15-14-11(22-16(18)23-15)8-21-24(14)9-12-13(25-2)6-10(17)7-20-12/h6-8H,3-5,9H2,1-2H3,(H,19,22,23). The fourth-order valence-electron chi connectivity index (χ4n) is 2.48. The number of pyridine rings is 1. The summed E-state index contributed by atoms with van der Waals surface area (Å²) in [6, 6.07) is 1.88. The monoisotopic (exact) mass is 424 g/mol. The van der Waals surface area contributed by atoms with Crippen LogP contribution in [-0.4, -0.2) is 38.4 Å². The van der Waals surface area contributed by atoms with Crippen molar-refractivity contribution >= 4 is 44.4 Å². The SMILES string of the molecule is CCCCNc1nc(Cl)nc2cnn(Cc3ncc(Br)cc3OC)c12. The van der Waals surface area contributed by atoms with E-state index >= 15 is 0 Å². The highest BCUT2D eigenvalue weighted by molar-refractivity contribution is 9.10. The van der Waals surface area contributed by atoms with Crippen molar-refractivity contribution in [3.63, 3.8) is 0 Å². The molecule has 3 aromatic rings. The van der Waals surface area contributed by atoms with Gasteiger partial charge in [-0.25, -0.2) is 4.98 Å². The molecule has 9 heteroatoms. The third-order valence-corrected chi connectivity index (χ3v) is 4.30. The van der Waals surface area contributed by atoms with Gasteiger partial charge in [-0.2, -0.15) is 10.1 Å². The van der Waals surface area contributed by atoms with Crippen LogP contribution < -0.4 is 10.1 Å². The van der Waals surface area contributed by atoms with Crippen molar-refractivity contribution in [3.8, 4) is 5.75 Å². The minimum absolute atomic E-state index is 0.199. The second-order valence-electron chi connectivity index (χ2n) is 5.46. The highest BCUT2D eigenvalue weighted by Crippen LogP contribution is 2.26.